The van der Waals surface area contributed by atoms with Crippen LogP contribution in [0, 0.1) is 6.92 Å². The second kappa shape index (κ2) is 5.17. The Hall–Kier alpha value is -0.900. The molecule has 0 aromatic heterocycles. The van der Waals surface area contributed by atoms with Crippen LogP contribution in [0.15, 0.2) is 24.3 Å². The normalized spacial score (nSPS) is 21.1. The maximum atomic E-state index is 10.5. The Morgan fingerprint density at radius 1 is 1.24 bits per heavy atom. The highest BCUT2D eigenvalue weighted by Crippen LogP contribution is 2.22. The van der Waals surface area contributed by atoms with Gasteiger partial charge in [-0.25, -0.2) is 0 Å². The van der Waals surface area contributed by atoms with E-state index in [1.807, 2.05) is 31.2 Å². The molecule has 17 heavy (non-hydrogen) atoms. The minimum atomic E-state index is -0.787. The lowest BCUT2D eigenvalue weighted by atomic mass is 9.94. The van der Waals surface area contributed by atoms with Crippen molar-refractivity contribution in [3.05, 3.63) is 35.4 Å². The fourth-order valence-corrected chi connectivity index (χ4v) is 2.20. The van der Waals surface area contributed by atoms with E-state index in [2.05, 4.69) is 11.8 Å². The van der Waals surface area contributed by atoms with E-state index in [-0.39, 0.29) is 0 Å². The van der Waals surface area contributed by atoms with Gasteiger partial charge in [0.05, 0.1) is 18.8 Å². The number of hydrogen-bond donors (Lipinski definition) is 1. The van der Waals surface area contributed by atoms with E-state index in [0.717, 1.165) is 31.9 Å². The van der Waals surface area contributed by atoms with Crippen LogP contribution in [0.1, 0.15) is 18.1 Å². The van der Waals surface area contributed by atoms with Crippen LogP contribution >= 0.6 is 0 Å². The van der Waals surface area contributed by atoms with Crippen molar-refractivity contribution in [3.8, 4) is 0 Å². The highest BCUT2D eigenvalue weighted by atomic mass is 16.5. The third-order valence-electron chi connectivity index (χ3n) is 3.31. The molecule has 0 bridgehead atoms. The molecule has 1 aliphatic heterocycles. The molecular weight excluding hydrogens is 214 g/mol. The average Bonchev–Trinajstić information content (AvgIpc) is 2.30. The zero-order valence-corrected chi connectivity index (χ0v) is 10.6. The van der Waals surface area contributed by atoms with E-state index in [1.165, 1.54) is 5.56 Å². The van der Waals surface area contributed by atoms with Crippen LogP contribution in [0.3, 0.4) is 0 Å². The first-order valence-electron chi connectivity index (χ1n) is 6.17. The lowest BCUT2D eigenvalue weighted by Gasteiger charge is -2.34. The Morgan fingerprint density at radius 3 is 2.41 bits per heavy atom. The monoisotopic (exact) mass is 235 g/mol. The number of aliphatic hydroxyl groups is 1. The molecule has 1 aromatic rings. The van der Waals surface area contributed by atoms with Crippen LogP contribution < -0.4 is 0 Å². The number of benzene rings is 1. The van der Waals surface area contributed by atoms with E-state index in [9.17, 15) is 5.11 Å². The van der Waals surface area contributed by atoms with E-state index in [1.54, 1.807) is 0 Å². The van der Waals surface area contributed by atoms with Gasteiger partial charge < -0.3 is 9.84 Å². The van der Waals surface area contributed by atoms with Crippen LogP contribution in [-0.2, 0) is 10.3 Å². The van der Waals surface area contributed by atoms with Gasteiger partial charge in [-0.2, -0.15) is 0 Å². The molecule has 0 aliphatic carbocycles. The van der Waals surface area contributed by atoms with Gasteiger partial charge in [-0.05, 0) is 19.4 Å². The van der Waals surface area contributed by atoms with Crippen LogP contribution in [-0.4, -0.2) is 42.9 Å². The van der Waals surface area contributed by atoms with Crippen LogP contribution in [0.25, 0.3) is 0 Å². The standard InChI is InChI=1S/C14H21NO2/c1-12-3-5-13(6-4-12)14(2,16)11-15-7-9-17-10-8-15/h3-6,16H,7-11H2,1-2H3/t14-/m0/s1. The molecule has 94 valence electrons. The van der Waals surface area contributed by atoms with E-state index < -0.39 is 5.60 Å². The number of hydrogen-bond acceptors (Lipinski definition) is 3. The Morgan fingerprint density at radius 2 is 1.82 bits per heavy atom. The third-order valence-corrected chi connectivity index (χ3v) is 3.31. The molecule has 1 aliphatic rings. The highest BCUT2D eigenvalue weighted by Gasteiger charge is 2.26. The molecule has 1 atom stereocenters. The fourth-order valence-electron chi connectivity index (χ4n) is 2.20. The molecule has 0 saturated carbocycles. The van der Waals surface area contributed by atoms with E-state index >= 15 is 0 Å². The molecular formula is C14H21NO2. The molecule has 0 radical (unpaired) electrons. The van der Waals surface area contributed by atoms with Gasteiger partial charge in [0.15, 0.2) is 0 Å². The number of nitrogens with zero attached hydrogens (tertiary/aromatic N) is 1. The van der Waals surface area contributed by atoms with Gasteiger partial charge in [0.2, 0.25) is 0 Å². The summed E-state index contributed by atoms with van der Waals surface area (Å²) in [6.07, 6.45) is 0. The summed E-state index contributed by atoms with van der Waals surface area (Å²) in [5.74, 6) is 0. The van der Waals surface area contributed by atoms with Crippen molar-refractivity contribution in [1.29, 1.82) is 0 Å². The molecule has 1 heterocycles. The zero-order valence-electron chi connectivity index (χ0n) is 10.6. The fraction of sp³-hybridized carbons (Fsp3) is 0.571. The summed E-state index contributed by atoms with van der Waals surface area (Å²) in [4.78, 5) is 2.25. The van der Waals surface area contributed by atoms with Crippen molar-refractivity contribution in [2.45, 2.75) is 19.4 Å². The van der Waals surface area contributed by atoms with Crippen molar-refractivity contribution in [2.75, 3.05) is 32.8 Å². The summed E-state index contributed by atoms with van der Waals surface area (Å²) >= 11 is 0. The Kier molecular flexibility index (Phi) is 3.82. The first-order chi connectivity index (χ1) is 8.08. The highest BCUT2D eigenvalue weighted by molar-refractivity contribution is 5.26. The topological polar surface area (TPSA) is 32.7 Å². The summed E-state index contributed by atoms with van der Waals surface area (Å²) in [5.41, 5.74) is 1.41. The molecule has 1 fully saturated rings. The molecule has 0 unspecified atom stereocenters. The van der Waals surface area contributed by atoms with Crippen molar-refractivity contribution in [1.82, 2.24) is 4.90 Å². The number of β-amino-alcohol motifs (C(OH)–C–C–N with tert-alkyl or cyclic N) is 1. The summed E-state index contributed by atoms with van der Waals surface area (Å²) < 4.78 is 5.31. The second-order valence-electron chi connectivity index (χ2n) is 5.03. The number of morpholine rings is 1. The first kappa shape index (κ1) is 12.6. The van der Waals surface area contributed by atoms with Crippen molar-refractivity contribution in [2.24, 2.45) is 0 Å². The van der Waals surface area contributed by atoms with Crippen molar-refractivity contribution < 1.29 is 9.84 Å². The predicted octanol–water partition coefficient (Wildman–Crippen LogP) is 1.53. The number of aryl methyl sites for hydroxylation is 1. The molecule has 3 nitrogen and oxygen atoms in total. The summed E-state index contributed by atoms with van der Waals surface area (Å²) in [6.45, 7) is 7.95. The van der Waals surface area contributed by atoms with Gasteiger partial charge in [-0.1, -0.05) is 29.8 Å². The van der Waals surface area contributed by atoms with Gasteiger partial charge in [0.25, 0.3) is 0 Å². The second-order valence-corrected chi connectivity index (χ2v) is 5.03. The Labute approximate surface area is 103 Å². The average molecular weight is 235 g/mol. The molecule has 1 aromatic carbocycles. The first-order valence-corrected chi connectivity index (χ1v) is 6.17. The molecule has 0 amide bonds. The maximum Gasteiger partial charge on any atom is 0.0994 e. The molecule has 0 spiro atoms. The lowest BCUT2D eigenvalue weighted by molar-refractivity contribution is -0.0254. The molecule has 1 saturated heterocycles. The van der Waals surface area contributed by atoms with Crippen LogP contribution in [0.4, 0.5) is 0 Å². The largest absolute Gasteiger partial charge is 0.384 e. The van der Waals surface area contributed by atoms with E-state index in [4.69, 9.17) is 4.74 Å². The predicted molar refractivity (Wildman–Crippen MR) is 68.0 cm³/mol. The summed E-state index contributed by atoms with van der Waals surface area (Å²) in [6, 6.07) is 8.11. The number of ether oxygens (including phenoxy) is 1. The Balaban J connectivity index is 2.04. The van der Waals surface area contributed by atoms with Gasteiger partial charge in [0, 0.05) is 19.6 Å². The van der Waals surface area contributed by atoms with E-state index in [0.29, 0.717) is 6.54 Å². The minimum absolute atomic E-state index is 0.666. The van der Waals surface area contributed by atoms with Crippen LogP contribution in [0.2, 0.25) is 0 Å². The number of rotatable bonds is 3. The van der Waals surface area contributed by atoms with Gasteiger partial charge in [-0.15, -0.1) is 0 Å². The third kappa shape index (κ3) is 3.28. The molecule has 1 N–H and O–H groups in total. The zero-order chi connectivity index (χ0) is 12.3. The molecule has 3 heteroatoms. The smallest absolute Gasteiger partial charge is 0.0994 e. The van der Waals surface area contributed by atoms with Gasteiger partial charge >= 0.3 is 0 Å². The molecule has 2 rings (SSSR count). The summed E-state index contributed by atoms with van der Waals surface area (Å²) in [7, 11) is 0. The lowest BCUT2D eigenvalue weighted by Crippen LogP contribution is -2.44. The van der Waals surface area contributed by atoms with Gasteiger partial charge in [0.1, 0.15) is 0 Å². The van der Waals surface area contributed by atoms with Crippen LogP contribution in [0.5, 0.6) is 0 Å². The summed E-state index contributed by atoms with van der Waals surface area (Å²) in [5, 5.41) is 10.5. The Bertz CT molecular complexity index is 353. The van der Waals surface area contributed by atoms with Gasteiger partial charge in [-0.3, -0.25) is 4.90 Å². The quantitative estimate of drug-likeness (QED) is 0.862. The SMILES string of the molecule is Cc1ccc([C@@](C)(O)CN2CCOCC2)cc1. The minimum Gasteiger partial charge on any atom is -0.384 e. The maximum absolute atomic E-state index is 10.5. The van der Waals surface area contributed by atoms with Crippen molar-refractivity contribution in [3.63, 3.8) is 0 Å². The van der Waals surface area contributed by atoms with Crippen molar-refractivity contribution >= 4 is 0 Å².